The normalized spacial score (nSPS) is 17.8. The molecule has 0 spiro atoms. The quantitative estimate of drug-likeness (QED) is 0.444. The van der Waals surface area contributed by atoms with Gasteiger partial charge in [0.15, 0.2) is 5.78 Å². The Hall–Kier alpha value is -4.05. The number of pyridine rings is 1. The van der Waals surface area contributed by atoms with E-state index in [9.17, 15) is 32.5 Å². The van der Waals surface area contributed by atoms with E-state index in [2.05, 4.69) is 10.8 Å². The number of benzene rings is 1. The summed E-state index contributed by atoms with van der Waals surface area (Å²) >= 11 is 0. The van der Waals surface area contributed by atoms with Crippen LogP contribution in [-0.4, -0.2) is 62.6 Å². The molecule has 216 valence electrons. The minimum atomic E-state index is -4.21. The van der Waals surface area contributed by atoms with E-state index in [1.807, 2.05) is 4.90 Å². The molecular formula is C28H31FN6O5S. The number of aromatic nitrogens is 1. The molecule has 3 heterocycles. The third kappa shape index (κ3) is 6.17. The first kappa shape index (κ1) is 28.5. The Morgan fingerprint density at radius 3 is 2.39 bits per heavy atom. The monoisotopic (exact) mass is 582 g/mol. The highest BCUT2D eigenvalue weighted by Crippen LogP contribution is 2.35. The minimum absolute atomic E-state index is 0.00869. The van der Waals surface area contributed by atoms with Gasteiger partial charge in [-0.05, 0) is 62.4 Å². The second-order valence-electron chi connectivity index (χ2n) is 10.7. The van der Waals surface area contributed by atoms with Gasteiger partial charge in [-0.15, -0.1) is 0 Å². The molecule has 2 amide bonds. The first-order valence-electron chi connectivity index (χ1n) is 13.6. The van der Waals surface area contributed by atoms with Crippen molar-refractivity contribution in [3.8, 4) is 6.07 Å². The predicted molar refractivity (Wildman–Crippen MR) is 147 cm³/mol. The van der Waals surface area contributed by atoms with E-state index >= 15 is 0 Å². The first-order valence-corrected chi connectivity index (χ1v) is 15.1. The summed E-state index contributed by atoms with van der Waals surface area (Å²) in [7, 11) is -2.94. The van der Waals surface area contributed by atoms with Gasteiger partial charge in [-0.3, -0.25) is 18.7 Å². The third-order valence-corrected chi connectivity index (χ3v) is 9.26. The standard InChI is InChI=1S/C28H31FN6O5S/c1-33(22-8-6-21(29)7-9-22)41(39,40)32-28(38)19-10-13-34(14-11-19)27-20(16-30)15-23(26(37)18-4-5-18)24(31-27)17-35-12-2-3-25(35)36/h6-9,15,18-19H,2-5,10-14,17H2,1H3,(H,32,38). The second-order valence-corrected chi connectivity index (χ2v) is 12.4. The summed E-state index contributed by atoms with van der Waals surface area (Å²) in [5.41, 5.74) is 1.31. The Labute approximate surface area is 238 Å². The molecule has 3 aliphatic rings. The number of nitrogens with one attached hydrogen (secondary N) is 1. The molecule has 1 aromatic carbocycles. The molecule has 0 radical (unpaired) electrons. The van der Waals surface area contributed by atoms with Crippen LogP contribution in [-0.2, 0) is 26.3 Å². The molecule has 11 nitrogen and oxygen atoms in total. The van der Waals surface area contributed by atoms with Crippen LogP contribution in [0.25, 0.3) is 0 Å². The molecular weight excluding hydrogens is 551 g/mol. The van der Waals surface area contributed by atoms with Gasteiger partial charge < -0.3 is 9.80 Å². The Bertz CT molecular complexity index is 1510. The molecule has 2 aliphatic heterocycles. The van der Waals surface area contributed by atoms with Gasteiger partial charge in [0.25, 0.3) is 0 Å². The maximum Gasteiger partial charge on any atom is 0.325 e. The molecule has 41 heavy (non-hydrogen) atoms. The van der Waals surface area contributed by atoms with Crippen LogP contribution in [0.2, 0.25) is 0 Å². The zero-order chi connectivity index (χ0) is 29.3. The number of carbonyl (C=O) groups is 3. The number of anilines is 2. The molecule has 3 fully saturated rings. The lowest BCUT2D eigenvalue weighted by Gasteiger charge is -2.33. The maximum absolute atomic E-state index is 13.2. The number of hydrogen-bond acceptors (Lipinski definition) is 8. The highest BCUT2D eigenvalue weighted by Gasteiger charge is 2.35. The Kier molecular flexibility index (Phi) is 7.95. The van der Waals surface area contributed by atoms with Gasteiger partial charge in [0.05, 0.1) is 23.5 Å². The van der Waals surface area contributed by atoms with E-state index in [1.54, 1.807) is 11.0 Å². The molecule has 0 unspecified atom stereocenters. The van der Waals surface area contributed by atoms with E-state index in [0.717, 1.165) is 35.7 Å². The van der Waals surface area contributed by atoms with Crippen LogP contribution in [0, 0.1) is 29.0 Å². The number of carbonyl (C=O) groups excluding carboxylic acids is 3. The second kappa shape index (κ2) is 11.4. The summed E-state index contributed by atoms with van der Waals surface area (Å²) in [6.45, 7) is 1.47. The van der Waals surface area contributed by atoms with E-state index < -0.39 is 27.9 Å². The van der Waals surface area contributed by atoms with Crippen molar-refractivity contribution in [1.29, 1.82) is 5.26 Å². The smallest absolute Gasteiger partial charge is 0.325 e. The van der Waals surface area contributed by atoms with E-state index in [0.29, 0.717) is 56.0 Å². The highest BCUT2D eigenvalue weighted by molar-refractivity contribution is 7.91. The van der Waals surface area contributed by atoms with Gasteiger partial charge in [-0.2, -0.15) is 13.7 Å². The van der Waals surface area contributed by atoms with Crippen LogP contribution in [0.5, 0.6) is 0 Å². The fraction of sp³-hybridized carbons (Fsp3) is 0.464. The lowest BCUT2D eigenvalue weighted by atomic mass is 9.95. The molecule has 1 aliphatic carbocycles. The molecule has 1 N–H and O–H groups in total. The van der Waals surface area contributed by atoms with Crippen molar-refractivity contribution in [2.45, 2.75) is 45.1 Å². The van der Waals surface area contributed by atoms with Crippen molar-refractivity contribution in [2.75, 3.05) is 35.9 Å². The number of Topliss-reactive ketones (excluding diaryl/α,β-unsaturated/α-hetero) is 1. The maximum atomic E-state index is 13.2. The Morgan fingerprint density at radius 1 is 1.12 bits per heavy atom. The average molecular weight is 583 g/mol. The molecule has 0 bridgehead atoms. The van der Waals surface area contributed by atoms with Crippen LogP contribution in [0.3, 0.4) is 0 Å². The summed E-state index contributed by atoms with van der Waals surface area (Å²) in [4.78, 5) is 46.5. The van der Waals surface area contributed by atoms with Crippen molar-refractivity contribution in [1.82, 2.24) is 14.6 Å². The van der Waals surface area contributed by atoms with Crippen LogP contribution >= 0.6 is 0 Å². The number of ketones is 1. The fourth-order valence-corrected chi connectivity index (χ4v) is 6.19. The van der Waals surface area contributed by atoms with Crippen molar-refractivity contribution < 1.29 is 27.2 Å². The van der Waals surface area contributed by atoms with Crippen LogP contribution in [0.1, 0.15) is 60.1 Å². The lowest BCUT2D eigenvalue weighted by molar-refractivity contribution is -0.128. The third-order valence-electron chi connectivity index (χ3n) is 7.87. The number of amides is 2. The molecule has 2 saturated heterocycles. The topological polar surface area (TPSA) is 144 Å². The number of likely N-dealkylation sites (tertiary alicyclic amines) is 1. The van der Waals surface area contributed by atoms with E-state index in [4.69, 9.17) is 4.98 Å². The number of nitrogens with zero attached hydrogens (tertiary/aromatic N) is 5. The number of halogens is 1. The van der Waals surface area contributed by atoms with Gasteiger partial charge in [-0.1, -0.05) is 0 Å². The van der Waals surface area contributed by atoms with Crippen LogP contribution in [0.15, 0.2) is 30.3 Å². The van der Waals surface area contributed by atoms with Crippen LogP contribution in [0.4, 0.5) is 15.9 Å². The summed E-state index contributed by atoms with van der Waals surface area (Å²) < 4.78 is 41.7. The lowest BCUT2D eigenvalue weighted by Crippen LogP contribution is -2.47. The van der Waals surface area contributed by atoms with E-state index in [-0.39, 0.29) is 35.4 Å². The van der Waals surface area contributed by atoms with Gasteiger partial charge in [0.2, 0.25) is 11.8 Å². The average Bonchev–Trinajstić information content (AvgIpc) is 3.74. The first-order chi connectivity index (χ1) is 19.6. The highest BCUT2D eigenvalue weighted by atomic mass is 32.2. The van der Waals surface area contributed by atoms with Gasteiger partial charge in [0, 0.05) is 50.5 Å². The molecule has 1 aromatic heterocycles. The Balaban J connectivity index is 1.29. The number of nitriles is 1. The van der Waals surface area contributed by atoms with Gasteiger partial charge in [0.1, 0.15) is 17.7 Å². The fourth-order valence-electron chi connectivity index (χ4n) is 5.24. The zero-order valence-corrected chi connectivity index (χ0v) is 23.5. The SMILES string of the molecule is CN(c1ccc(F)cc1)S(=O)(=O)NC(=O)C1CCN(c2nc(CN3CCCC3=O)c(C(=O)C3CC3)cc2C#N)CC1. The van der Waals surface area contributed by atoms with Crippen molar-refractivity contribution in [3.05, 3.63) is 53.0 Å². The summed E-state index contributed by atoms with van der Waals surface area (Å²) in [5.74, 6) is -1.47. The van der Waals surface area contributed by atoms with Crippen molar-refractivity contribution in [2.24, 2.45) is 11.8 Å². The Morgan fingerprint density at radius 2 is 1.80 bits per heavy atom. The van der Waals surface area contributed by atoms with Gasteiger partial charge in [-0.25, -0.2) is 14.1 Å². The van der Waals surface area contributed by atoms with Crippen LogP contribution < -0.4 is 13.9 Å². The number of rotatable bonds is 9. The summed E-state index contributed by atoms with van der Waals surface area (Å²) in [6, 6.07) is 8.59. The molecule has 5 rings (SSSR count). The van der Waals surface area contributed by atoms with Crippen molar-refractivity contribution in [3.63, 3.8) is 0 Å². The molecule has 13 heteroatoms. The molecule has 2 aromatic rings. The zero-order valence-electron chi connectivity index (χ0n) is 22.7. The number of piperidine rings is 1. The summed E-state index contributed by atoms with van der Waals surface area (Å²) in [6.07, 6.45) is 3.44. The van der Waals surface area contributed by atoms with Crippen molar-refractivity contribution >= 4 is 39.3 Å². The molecule has 0 atom stereocenters. The largest absolute Gasteiger partial charge is 0.355 e. The predicted octanol–water partition coefficient (Wildman–Crippen LogP) is 2.52. The minimum Gasteiger partial charge on any atom is -0.355 e. The molecule has 1 saturated carbocycles. The number of hydrogen-bond donors (Lipinski definition) is 1. The van der Waals surface area contributed by atoms with Gasteiger partial charge >= 0.3 is 10.2 Å². The van der Waals surface area contributed by atoms with E-state index in [1.165, 1.54) is 19.2 Å². The summed E-state index contributed by atoms with van der Waals surface area (Å²) in [5, 5.41) is 9.91.